The molecule has 0 aliphatic carbocycles. The molecule has 1 amide bonds. The van der Waals surface area contributed by atoms with Crippen molar-refractivity contribution in [3.8, 4) is 17.2 Å². The molecule has 128 valence electrons. The summed E-state index contributed by atoms with van der Waals surface area (Å²) >= 11 is 0. The summed E-state index contributed by atoms with van der Waals surface area (Å²) in [4.78, 5) is 22.2. The van der Waals surface area contributed by atoms with Gasteiger partial charge in [-0.25, -0.2) is 4.79 Å². The van der Waals surface area contributed by atoms with Crippen molar-refractivity contribution in [2.45, 2.75) is 12.2 Å². The zero-order valence-corrected chi connectivity index (χ0v) is 12.4. The van der Waals surface area contributed by atoms with Crippen molar-refractivity contribution in [1.82, 2.24) is 5.32 Å². The normalized spacial score (nSPS) is 12.3. The lowest BCUT2D eigenvalue weighted by molar-refractivity contribution is -0.175. The molecule has 0 radical (unpaired) electrons. The molecule has 0 spiro atoms. The number of carbonyl (C=O) groups is 2. The third-order valence-electron chi connectivity index (χ3n) is 2.80. The number of nitrogens with one attached hydrogen (secondary N) is 1. The fourth-order valence-electron chi connectivity index (χ4n) is 1.77. The summed E-state index contributed by atoms with van der Waals surface area (Å²) in [5.74, 6) is -3.86. The Morgan fingerprint density at radius 1 is 1.09 bits per heavy atom. The molecule has 10 heteroatoms. The van der Waals surface area contributed by atoms with Crippen LogP contribution in [-0.2, 0) is 9.59 Å². The van der Waals surface area contributed by atoms with Gasteiger partial charge in [-0.1, -0.05) is 0 Å². The van der Waals surface area contributed by atoms with E-state index in [0.717, 1.165) is 12.1 Å². The number of amides is 1. The van der Waals surface area contributed by atoms with E-state index in [1.54, 1.807) is 0 Å². The first-order valence-corrected chi connectivity index (χ1v) is 6.06. The largest absolute Gasteiger partial charge is 0.493 e. The summed E-state index contributed by atoms with van der Waals surface area (Å²) in [6, 6.07) is 0.325. The number of hydrogen-bond donors (Lipinski definition) is 2. The molecule has 1 aromatic carbocycles. The molecule has 0 fully saturated rings. The Bertz CT molecular complexity index is 577. The molecule has 1 rings (SSSR count). The predicted octanol–water partition coefficient (Wildman–Crippen LogP) is 1.52. The zero-order valence-electron chi connectivity index (χ0n) is 12.4. The highest BCUT2D eigenvalue weighted by molar-refractivity contribution is 5.87. The van der Waals surface area contributed by atoms with E-state index in [2.05, 4.69) is 0 Å². The molecule has 1 atom stereocenters. The Labute approximate surface area is 128 Å². The fraction of sp³-hybridized carbons (Fsp3) is 0.385. The summed E-state index contributed by atoms with van der Waals surface area (Å²) in [6.07, 6.45) is -5.21. The number of methoxy groups -OCH3 is 3. The number of aliphatic carboxylic acids is 1. The molecule has 0 aliphatic heterocycles. The van der Waals surface area contributed by atoms with Gasteiger partial charge in [0.15, 0.2) is 17.5 Å². The van der Waals surface area contributed by atoms with Gasteiger partial charge >= 0.3 is 18.1 Å². The molecule has 0 aliphatic rings. The summed E-state index contributed by atoms with van der Waals surface area (Å²) in [6.45, 7) is 0. The van der Waals surface area contributed by atoms with Crippen molar-refractivity contribution in [1.29, 1.82) is 0 Å². The lowest BCUT2D eigenvalue weighted by atomic mass is 10.1. The van der Waals surface area contributed by atoms with E-state index in [1.165, 1.54) is 26.6 Å². The maximum atomic E-state index is 12.3. The molecule has 2 N–H and O–H groups in total. The van der Waals surface area contributed by atoms with Gasteiger partial charge in [-0.05, 0) is 17.7 Å². The maximum Gasteiger partial charge on any atom is 0.471 e. The van der Waals surface area contributed by atoms with E-state index >= 15 is 0 Å². The summed E-state index contributed by atoms with van der Waals surface area (Å²) in [5.41, 5.74) is -0.176. The van der Waals surface area contributed by atoms with E-state index in [9.17, 15) is 22.8 Å². The highest BCUT2D eigenvalue weighted by Crippen LogP contribution is 2.39. The summed E-state index contributed by atoms with van der Waals surface area (Å²) in [5, 5.41) is 10.5. The standard InChI is InChI=1S/C13H14F3NO6/c1-21-7-4-6(5-8(22-2)10(7)23-3)9(11(18)19)17-12(20)13(14,15)16/h4-5,9H,1-3H3,(H,17,20)(H,18,19). The van der Waals surface area contributed by atoms with Crippen molar-refractivity contribution >= 4 is 11.9 Å². The first kappa shape index (κ1) is 18.4. The van der Waals surface area contributed by atoms with Crippen LogP contribution in [0.1, 0.15) is 11.6 Å². The first-order valence-electron chi connectivity index (χ1n) is 6.06. The second-order valence-electron chi connectivity index (χ2n) is 4.20. The molecule has 0 bridgehead atoms. The number of alkyl halides is 3. The van der Waals surface area contributed by atoms with Crippen molar-refractivity contribution < 1.29 is 42.1 Å². The average Bonchev–Trinajstić information content (AvgIpc) is 2.49. The van der Waals surface area contributed by atoms with Gasteiger partial charge < -0.3 is 24.6 Å². The molecule has 0 saturated carbocycles. The Balaban J connectivity index is 3.33. The van der Waals surface area contributed by atoms with Gasteiger partial charge in [0.25, 0.3) is 0 Å². The molecule has 0 heterocycles. The van der Waals surface area contributed by atoms with E-state index in [0.29, 0.717) is 0 Å². The van der Waals surface area contributed by atoms with Crippen LogP contribution in [0.3, 0.4) is 0 Å². The first-order chi connectivity index (χ1) is 10.6. The zero-order chi connectivity index (χ0) is 17.8. The van der Waals surface area contributed by atoms with Crippen LogP contribution in [0.25, 0.3) is 0 Å². The summed E-state index contributed by atoms with van der Waals surface area (Å²) in [7, 11) is 3.82. The predicted molar refractivity (Wildman–Crippen MR) is 70.7 cm³/mol. The van der Waals surface area contributed by atoms with Gasteiger partial charge in [0.2, 0.25) is 5.75 Å². The van der Waals surface area contributed by atoms with Crippen LogP contribution in [0.5, 0.6) is 17.2 Å². The van der Waals surface area contributed by atoms with E-state index in [4.69, 9.17) is 19.3 Å². The minimum atomic E-state index is -5.21. The van der Waals surface area contributed by atoms with Crippen LogP contribution < -0.4 is 19.5 Å². The maximum absolute atomic E-state index is 12.3. The van der Waals surface area contributed by atoms with Crippen LogP contribution in [0.2, 0.25) is 0 Å². The molecule has 0 aromatic heterocycles. The Hall–Kier alpha value is -2.65. The van der Waals surface area contributed by atoms with Crippen molar-refractivity contribution in [3.63, 3.8) is 0 Å². The molecule has 23 heavy (non-hydrogen) atoms. The third-order valence-corrected chi connectivity index (χ3v) is 2.80. The van der Waals surface area contributed by atoms with Gasteiger partial charge in [0.1, 0.15) is 0 Å². The SMILES string of the molecule is COc1cc(C(NC(=O)C(F)(F)F)C(=O)O)cc(OC)c1OC. The number of carboxylic acid groups (broad SMARTS) is 1. The van der Waals surface area contributed by atoms with Crippen molar-refractivity contribution in [3.05, 3.63) is 17.7 Å². The van der Waals surface area contributed by atoms with Crippen molar-refractivity contribution in [2.24, 2.45) is 0 Å². The third kappa shape index (κ3) is 4.18. The van der Waals surface area contributed by atoms with Crippen molar-refractivity contribution in [2.75, 3.05) is 21.3 Å². The van der Waals surface area contributed by atoms with Crippen LogP contribution in [-0.4, -0.2) is 44.5 Å². The Morgan fingerprint density at radius 3 is 1.87 bits per heavy atom. The smallest absolute Gasteiger partial charge is 0.471 e. The number of carboxylic acids is 1. The number of carbonyl (C=O) groups excluding carboxylic acids is 1. The number of benzene rings is 1. The number of rotatable bonds is 6. The highest BCUT2D eigenvalue weighted by atomic mass is 19.4. The topological polar surface area (TPSA) is 94.1 Å². The second-order valence-corrected chi connectivity index (χ2v) is 4.20. The van der Waals surface area contributed by atoms with Gasteiger partial charge in [0, 0.05) is 0 Å². The Morgan fingerprint density at radius 2 is 1.57 bits per heavy atom. The fourth-order valence-corrected chi connectivity index (χ4v) is 1.77. The van der Waals surface area contributed by atoms with E-state index in [1.807, 2.05) is 0 Å². The number of ether oxygens (including phenoxy) is 3. The molecule has 1 aromatic rings. The van der Waals surface area contributed by atoms with E-state index < -0.39 is 24.1 Å². The van der Waals surface area contributed by atoms with Crippen LogP contribution in [0.15, 0.2) is 12.1 Å². The average molecular weight is 337 g/mol. The quantitative estimate of drug-likeness (QED) is 0.817. The Kier molecular flexibility index (Phi) is 5.66. The van der Waals surface area contributed by atoms with Crippen LogP contribution in [0.4, 0.5) is 13.2 Å². The van der Waals surface area contributed by atoms with Gasteiger partial charge in [0.05, 0.1) is 21.3 Å². The lowest BCUT2D eigenvalue weighted by Crippen LogP contribution is -2.41. The monoisotopic (exact) mass is 337 g/mol. The minimum Gasteiger partial charge on any atom is -0.493 e. The molecular weight excluding hydrogens is 323 g/mol. The molecule has 1 unspecified atom stereocenters. The molecule has 7 nitrogen and oxygen atoms in total. The van der Waals surface area contributed by atoms with E-state index in [-0.39, 0.29) is 22.8 Å². The number of halogens is 3. The van der Waals surface area contributed by atoms with Gasteiger partial charge in [-0.15, -0.1) is 0 Å². The molecule has 0 saturated heterocycles. The van der Waals surface area contributed by atoms with Gasteiger partial charge in [-0.3, -0.25) is 4.79 Å². The number of hydrogen-bond acceptors (Lipinski definition) is 5. The lowest BCUT2D eigenvalue weighted by Gasteiger charge is -2.19. The second kappa shape index (κ2) is 7.07. The van der Waals surface area contributed by atoms with Gasteiger partial charge in [-0.2, -0.15) is 13.2 Å². The highest BCUT2D eigenvalue weighted by Gasteiger charge is 2.41. The van der Waals surface area contributed by atoms with Crippen LogP contribution in [0, 0.1) is 0 Å². The minimum absolute atomic E-state index is 0.0364. The van der Waals surface area contributed by atoms with Crippen LogP contribution >= 0.6 is 0 Å². The summed E-state index contributed by atoms with van der Waals surface area (Å²) < 4.78 is 52.0. The molecular formula is C13H14F3NO6.